The standard InChI is InChI=1S/C25H28N2O4/c1-30-23(28)25(26)13-16-7-6-8-17(14-25)27(16)24(29)31-15-22-20-11-4-2-9-18(20)19-10-3-5-12-21(19)22/h2-5,9-12,16-17,22H,6-8,13-15,26H2,1H3. The first-order valence-electron chi connectivity index (χ1n) is 11.0. The van der Waals surface area contributed by atoms with Crippen LogP contribution >= 0.6 is 0 Å². The van der Waals surface area contributed by atoms with Gasteiger partial charge in [-0.25, -0.2) is 4.79 Å². The van der Waals surface area contributed by atoms with E-state index in [2.05, 4.69) is 24.3 Å². The normalized spacial score (nSPS) is 26.7. The van der Waals surface area contributed by atoms with Crippen molar-refractivity contribution >= 4 is 12.1 Å². The van der Waals surface area contributed by atoms with Crippen LogP contribution in [0.15, 0.2) is 48.5 Å². The first-order valence-corrected chi connectivity index (χ1v) is 11.0. The third kappa shape index (κ3) is 3.30. The number of carbonyl (C=O) groups is 2. The zero-order valence-corrected chi connectivity index (χ0v) is 17.8. The van der Waals surface area contributed by atoms with Crippen LogP contribution in [0.1, 0.15) is 49.1 Å². The number of hydrogen-bond acceptors (Lipinski definition) is 5. The molecule has 0 aromatic heterocycles. The molecule has 0 saturated carbocycles. The highest BCUT2D eigenvalue weighted by Gasteiger charge is 2.51. The first-order chi connectivity index (χ1) is 15.0. The van der Waals surface area contributed by atoms with Gasteiger partial charge in [0.15, 0.2) is 0 Å². The van der Waals surface area contributed by atoms with Crippen molar-refractivity contribution in [1.29, 1.82) is 0 Å². The first kappa shape index (κ1) is 20.1. The molecule has 6 nitrogen and oxygen atoms in total. The molecule has 2 aromatic carbocycles. The van der Waals surface area contributed by atoms with Crippen LogP contribution < -0.4 is 5.73 Å². The number of rotatable bonds is 3. The summed E-state index contributed by atoms with van der Waals surface area (Å²) in [5.74, 6) is -0.360. The van der Waals surface area contributed by atoms with Crippen molar-refractivity contribution in [3.63, 3.8) is 0 Å². The van der Waals surface area contributed by atoms with Gasteiger partial charge in [0.1, 0.15) is 12.1 Å². The second-order valence-electron chi connectivity index (χ2n) is 9.01. The monoisotopic (exact) mass is 420 g/mol. The van der Waals surface area contributed by atoms with Gasteiger partial charge in [0.05, 0.1) is 7.11 Å². The van der Waals surface area contributed by atoms with Crippen LogP contribution in [0.5, 0.6) is 0 Å². The average molecular weight is 421 g/mol. The Bertz CT molecular complexity index is 961. The summed E-state index contributed by atoms with van der Waals surface area (Å²) in [4.78, 5) is 27.3. The SMILES string of the molecule is COC(=O)C1(N)CC2CCCC(C1)N2C(=O)OCC1c2ccccc2-c2ccccc21. The molecule has 2 N–H and O–H groups in total. The molecule has 162 valence electrons. The second kappa shape index (κ2) is 7.68. The van der Waals surface area contributed by atoms with Crippen molar-refractivity contribution in [3.05, 3.63) is 59.7 Å². The van der Waals surface area contributed by atoms with Crippen molar-refractivity contribution in [3.8, 4) is 11.1 Å². The molecule has 5 rings (SSSR count). The summed E-state index contributed by atoms with van der Waals surface area (Å²) in [6.45, 7) is 0.299. The van der Waals surface area contributed by atoms with E-state index in [1.165, 1.54) is 29.4 Å². The summed E-state index contributed by atoms with van der Waals surface area (Å²) < 4.78 is 10.8. The van der Waals surface area contributed by atoms with Gasteiger partial charge < -0.3 is 20.1 Å². The lowest BCUT2D eigenvalue weighted by atomic mass is 9.74. The van der Waals surface area contributed by atoms with Gasteiger partial charge in [0.25, 0.3) is 0 Å². The summed E-state index contributed by atoms with van der Waals surface area (Å²) in [6, 6.07) is 16.4. The molecule has 3 aliphatic rings. The Hall–Kier alpha value is -2.86. The molecule has 2 unspecified atom stereocenters. The zero-order valence-electron chi connectivity index (χ0n) is 17.8. The second-order valence-corrected chi connectivity index (χ2v) is 9.01. The number of nitrogens with zero attached hydrogens (tertiary/aromatic N) is 1. The van der Waals surface area contributed by atoms with E-state index in [1.807, 2.05) is 29.2 Å². The van der Waals surface area contributed by atoms with Crippen LogP contribution in [0.3, 0.4) is 0 Å². The minimum Gasteiger partial charge on any atom is -0.468 e. The Morgan fingerprint density at radius 3 is 2.10 bits per heavy atom. The van der Waals surface area contributed by atoms with E-state index in [0.717, 1.165) is 19.3 Å². The lowest BCUT2D eigenvalue weighted by Crippen LogP contribution is -2.65. The minimum absolute atomic E-state index is 0.0321. The van der Waals surface area contributed by atoms with Crippen molar-refractivity contribution in [1.82, 2.24) is 4.90 Å². The number of fused-ring (bicyclic) bond motifs is 5. The topological polar surface area (TPSA) is 81.9 Å². The summed E-state index contributed by atoms with van der Waals surface area (Å²) in [5.41, 5.74) is 10.2. The van der Waals surface area contributed by atoms with Gasteiger partial charge >= 0.3 is 12.1 Å². The van der Waals surface area contributed by atoms with E-state index >= 15 is 0 Å². The summed E-state index contributed by atoms with van der Waals surface area (Å²) in [6.07, 6.45) is 3.22. The Kier molecular flexibility index (Phi) is 4.97. The highest BCUT2D eigenvalue weighted by molar-refractivity contribution is 5.82. The third-order valence-electron chi connectivity index (χ3n) is 7.20. The molecular weight excluding hydrogens is 392 g/mol. The predicted octanol–water partition coefficient (Wildman–Crippen LogP) is 3.82. The molecular formula is C25H28N2O4. The van der Waals surface area contributed by atoms with E-state index in [-0.39, 0.29) is 24.1 Å². The Labute approximate surface area is 182 Å². The van der Waals surface area contributed by atoms with Crippen LogP contribution in [-0.2, 0) is 14.3 Å². The molecule has 0 radical (unpaired) electrons. The van der Waals surface area contributed by atoms with E-state index in [9.17, 15) is 9.59 Å². The maximum Gasteiger partial charge on any atom is 0.410 e. The zero-order chi connectivity index (χ0) is 21.6. The van der Waals surface area contributed by atoms with Gasteiger partial charge in [-0.3, -0.25) is 4.79 Å². The van der Waals surface area contributed by atoms with Gasteiger partial charge in [0, 0.05) is 18.0 Å². The maximum absolute atomic E-state index is 13.2. The Morgan fingerprint density at radius 1 is 1.00 bits per heavy atom. The molecule has 2 heterocycles. The van der Waals surface area contributed by atoms with Gasteiger partial charge in [0.2, 0.25) is 0 Å². The third-order valence-corrected chi connectivity index (χ3v) is 7.20. The summed E-state index contributed by atoms with van der Waals surface area (Å²) in [7, 11) is 1.37. The van der Waals surface area contributed by atoms with E-state index in [0.29, 0.717) is 19.4 Å². The molecule has 31 heavy (non-hydrogen) atoms. The fourth-order valence-electron chi connectivity index (χ4n) is 5.83. The van der Waals surface area contributed by atoms with Crippen molar-refractivity contribution in [2.75, 3.05) is 13.7 Å². The minimum atomic E-state index is -1.02. The van der Waals surface area contributed by atoms with Gasteiger partial charge in [-0.2, -0.15) is 0 Å². The highest BCUT2D eigenvalue weighted by Crippen LogP contribution is 2.45. The molecule has 6 heteroatoms. The Balaban J connectivity index is 1.33. The van der Waals surface area contributed by atoms with Crippen LogP contribution in [0.4, 0.5) is 4.79 Å². The smallest absolute Gasteiger partial charge is 0.410 e. The number of hydrogen-bond donors (Lipinski definition) is 1. The largest absolute Gasteiger partial charge is 0.468 e. The molecule has 2 atom stereocenters. The molecule has 1 amide bonds. The number of esters is 1. The number of piperidine rings is 2. The van der Waals surface area contributed by atoms with Crippen molar-refractivity contribution in [2.45, 2.75) is 55.6 Å². The fraction of sp³-hybridized carbons (Fsp3) is 0.440. The maximum atomic E-state index is 13.2. The number of amides is 1. The number of nitrogens with two attached hydrogens (primary N) is 1. The van der Waals surface area contributed by atoms with Crippen LogP contribution in [0.2, 0.25) is 0 Å². The van der Waals surface area contributed by atoms with Crippen molar-refractivity contribution < 1.29 is 19.1 Å². The molecule has 2 fully saturated rings. The number of ether oxygens (including phenoxy) is 2. The van der Waals surface area contributed by atoms with E-state index in [1.54, 1.807) is 0 Å². The number of carbonyl (C=O) groups excluding carboxylic acids is 2. The molecule has 2 saturated heterocycles. The fourth-order valence-corrected chi connectivity index (χ4v) is 5.83. The Morgan fingerprint density at radius 2 is 1.55 bits per heavy atom. The average Bonchev–Trinajstić information content (AvgIpc) is 3.10. The molecule has 2 aromatic rings. The lowest BCUT2D eigenvalue weighted by Gasteiger charge is -2.50. The van der Waals surface area contributed by atoms with Gasteiger partial charge in [-0.1, -0.05) is 48.5 Å². The van der Waals surface area contributed by atoms with Crippen LogP contribution in [0, 0.1) is 0 Å². The lowest BCUT2D eigenvalue weighted by molar-refractivity contribution is -0.151. The van der Waals surface area contributed by atoms with E-state index < -0.39 is 11.5 Å². The van der Waals surface area contributed by atoms with Crippen LogP contribution in [0.25, 0.3) is 11.1 Å². The van der Waals surface area contributed by atoms with Gasteiger partial charge in [-0.15, -0.1) is 0 Å². The molecule has 2 aliphatic heterocycles. The molecule has 0 spiro atoms. The quantitative estimate of drug-likeness (QED) is 0.764. The predicted molar refractivity (Wildman–Crippen MR) is 117 cm³/mol. The van der Waals surface area contributed by atoms with Crippen LogP contribution in [-0.4, -0.2) is 48.3 Å². The number of methoxy groups -OCH3 is 1. The van der Waals surface area contributed by atoms with E-state index in [4.69, 9.17) is 15.2 Å². The van der Waals surface area contributed by atoms with Crippen molar-refractivity contribution in [2.24, 2.45) is 5.73 Å². The molecule has 1 aliphatic carbocycles. The van der Waals surface area contributed by atoms with Gasteiger partial charge in [-0.05, 0) is 54.4 Å². The summed E-state index contributed by atoms with van der Waals surface area (Å²) >= 11 is 0. The highest BCUT2D eigenvalue weighted by atomic mass is 16.6. The molecule has 2 bridgehead atoms. The summed E-state index contributed by atoms with van der Waals surface area (Å²) in [5, 5.41) is 0. The number of benzene rings is 2.